The average Bonchev–Trinajstić information content (AvgIpc) is 2.69. The molecule has 0 radical (unpaired) electrons. The van der Waals surface area contributed by atoms with Gasteiger partial charge in [0.2, 0.25) is 5.78 Å². The summed E-state index contributed by atoms with van der Waals surface area (Å²) >= 11 is 7.25. The smallest absolute Gasteiger partial charge is 0.203 e. The predicted molar refractivity (Wildman–Crippen MR) is 74.9 cm³/mol. The zero-order valence-electron chi connectivity index (χ0n) is 9.99. The Morgan fingerprint density at radius 2 is 2.11 bits per heavy atom. The van der Waals surface area contributed by atoms with Gasteiger partial charge in [-0.2, -0.15) is 0 Å². The number of methoxy groups -OCH3 is 1. The van der Waals surface area contributed by atoms with Crippen LogP contribution in [-0.2, 0) is 0 Å². The molecule has 2 N–H and O–H groups in total. The maximum absolute atomic E-state index is 12.2. The first-order valence-electron chi connectivity index (χ1n) is 5.27. The van der Waals surface area contributed by atoms with Gasteiger partial charge >= 0.3 is 0 Å². The lowest BCUT2D eigenvalue weighted by atomic mass is 10.1. The van der Waals surface area contributed by atoms with Crippen LogP contribution in [0, 0.1) is 6.92 Å². The summed E-state index contributed by atoms with van der Waals surface area (Å²) in [7, 11) is 1.52. The molecule has 3 nitrogen and oxygen atoms in total. The molecule has 0 aliphatic heterocycles. The Bertz CT molecular complexity index is 588. The van der Waals surface area contributed by atoms with E-state index >= 15 is 0 Å². The van der Waals surface area contributed by atoms with E-state index in [9.17, 15) is 4.79 Å². The Morgan fingerprint density at radius 3 is 2.67 bits per heavy atom. The summed E-state index contributed by atoms with van der Waals surface area (Å²) in [6, 6.07) is 6.77. The Morgan fingerprint density at radius 1 is 1.39 bits per heavy atom. The minimum absolute atomic E-state index is 0.0756. The van der Waals surface area contributed by atoms with Gasteiger partial charge in [-0.3, -0.25) is 4.79 Å². The number of hydrogen-bond acceptors (Lipinski definition) is 4. The number of hydrogen-bond donors (Lipinski definition) is 1. The van der Waals surface area contributed by atoms with Crippen LogP contribution in [0.1, 0.15) is 20.8 Å². The number of ketones is 1. The van der Waals surface area contributed by atoms with Crippen molar-refractivity contribution in [2.45, 2.75) is 6.92 Å². The molecule has 0 unspecified atom stereocenters. The lowest BCUT2D eigenvalue weighted by Crippen LogP contribution is -2.01. The van der Waals surface area contributed by atoms with E-state index in [2.05, 4.69) is 0 Å². The third-order valence-electron chi connectivity index (χ3n) is 2.58. The van der Waals surface area contributed by atoms with Crippen molar-refractivity contribution >= 4 is 34.4 Å². The number of carbonyl (C=O) groups is 1. The second-order valence-electron chi connectivity index (χ2n) is 3.85. The van der Waals surface area contributed by atoms with Crippen LogP contribution >= 0.6 is 22.9 Å². The molecular formula is C13H12ClNO2S. The van der Waals surface area contributed by atoms with E-state index in [1.807, 2.05) is 6.92 Å². The molecule has 0 bridgehead atoms. The number of benzene rings is 1. The predicted octanol–water partition coefficient (Wildman–Crippen LogP) is 3.53. The molecular weight excluding hydrogens is 270 g/mol. The monoisotopic (exact) mass is 281 g/mol. The van der Waals surface area contributed by atoms with Gasteiger partial charge in [0, 0.05) is 5.56 Å². The number of aryl methyl sites for hydroxylation is 1. The van der Waals surface area contributed by atoms with E-state index in [0.717, 1.165) is 5.56 Å². The summed E-state index contributed by atoms with van der Waals surface area (Å²) in [4.78, 5) is 12.9. The van der Waals surface area contributed by atoms with Crippen LogP contribution in [0.5, 0.6) is 5.75 Å². The number of rotatable bonds is 3. The van der Waals surface area contributed by atoms with Gasteiger partial charge in [-0.25, -0.2) is 0 Å². The van der Waals surface area contributed by atoms with Crippen molar-refractivity contribution in [3.8, 4) is 5.75 Å². The molecule has 1 aromatic heterocycles. The van der Waals surface area contributed by atoms with Crippen LogP contribution in [0.15, 0.2) is 24.3 Å². The summed E-state index contributed by atoms with van der Waals surface area (Å²) in [6.07, 6.45) is 0. The molecule has 0 aliphatic rings. The first kappa shape index (κ1) is 12.9. The van der Waals surface area contributed by atoms with Gasteiger partial charge in [0.1, 0.15) is 5.75 Å². The summed E-state index contributed by atoms with van der Waals surface area (Å²) in [5, 5.41) is 0. The van der Waals surface area contributed by atoms with Crippen molar-refractivity contribution < 1.29 is 9.53 Å². The first-order valence-corrected chi connectivity index (χ1v) is 6.46. The van der Waals surface area contributed by atoms with E-state index in [0.29, 0.717) is 26.2 Å². The molecule has 0 fully saturated rings. The molecule has 0 saturated carbocycles. The molecule has 18 heavy (non-hydrogen) atoms. The van der Waals surface area contributed by atoms with Crippen LogP contribution in [-0.4, -0.2) is 12.9 Å². The van der Waals surface area contributed by atoms with Crippen molar-refractivity contribution in [2.24, 2.45) is 0 Å². The van der Waals surface area contributed by atoms with E-state index in [-0.39, 0.29) is 5.78 Å². The fraction of sp³-hybridized carbons (Fsp3) is 0.154. The van der Waals surface area contributed by atoms with Gasteiger partial charge in [-0.1, -0.05) is 11.6 Å². The second-order valence-corrected chi connectivity index (χ2v) is 5.51. The Balaban J connectivity index is 2.39. The van der Waals surface area contributed by atoms with E-state index in [1.54, 1.807) is 24.3 Å². The lowest BCUT2D eigenvalue weighted by molar-refractivity contribution is 0.104. The Labute approximate surface area is 114 Å². The molecule has 2 aromatic rings. The van der Waals surface area contributed by atoms with E-state index < -0.39 is 0 Å². The molecule has 2 rings (SSSR count). The highest BCUT2D eigenvalue weighted by molar-refractivity contribution is 7.18. The lowest BCUT2D eigenvalue weighted by Gasteiger charge is -2.05. The normalized spacial score (nSPS) is 10.4. The Kier molecular flexibility index (Phi) is 3.59. The number of nitrogens with two attached hydrogens (primary N) is 1. The number of ether oxygens (including phenoxy) is 1. The minimum atomic E-state index is -0.0756. The van der Waals surface area contributed by atoms with Crippen LogP contribution in [0.2, 0.25) is 4.34 Å². The summed E-state index contributed by atoms with van der Waals surface area (Å²) in [5.41, 5.74) is 7.67. The molecule has 0 aliphatic carbocycles. The summed E-state index contributed by atoms with van der Waals surface area (Å²) < 4.78 is 5.74. The number of carbonyl (C=O) groups excluding carboxylic acids is 1. The van der Waals surface area contributed by atoms with Crippen LogP contribution in [0.25, 0.3) is 0 Å². The van der Waals surface area contributed by atoms with Crippen molar-refractivity contribution in [3.05, 3.63) is 44.6 Å². The molecule has 0 amide bonds. The number of halogens is 1. The third kappa shape index (κ3) is 2.35. The van der Waals surface area contributed by atoms with Crippen LogP contribution in [0.3, 0.4) is 0 Å². The van der Waals surface area contributed by atoms with Crippen LogP contribution < -0.4 is 10.5 Å². The first-order chi connectivity index (χ1) is 8.52. The highest BCUT2D eigenvalue weighted by Gasteiger charge is 2.15. The highest BCUT2D eigenvalue weighted by atomic mass is 35.5. The molecule has 0 spiro atoms. The van der Waals surface area contributed by atoms with Gasteiger partial charge in [0.15, 0.2) is 0 Å². The van der Waals surface area contributed by atoms with Crippen molar-refractivity contribution in [2.75, 3.05) is 12.8 Å². The van der Waals surface area contributed by atoms with Gasteiger partial charge < -0.3 is 10.5 Å². The zero-order valence-corrected chi connectivity index (χ0v) is 11.6. The van der Waals surface area contributed by atoms with Gasteiger partial charge in [-0.05, 0) is 36.8 Å². The highest BCUT2D eigenvalue weighted by Crippen LogP contribution is 2.30. The maximum Gasteiger partial charge on any atom is 0.203 e. The molecule has 1 heterocycles. The summed E-state index contributed by atoms with van der Waals surface area (Å²) in [5.74, 6) is 0.425. The van der Waals surface area contributed by atoms with E-state index in [1.165, 1.54) is 18.4 Å². The average molecular weight is 282 g/mol. The molecule has 0 atom stereocenters. The van der Waals surface area contributed by atoms with Crippen molar-refractivity contribution in [1.29, 1.82) is 0 Å². The molecule has 0 saturated heterocycles. The Hall–Kier alpha value is -1.52. The molecule has 5 heteroatoms. The molecule has 1 aromatic carbocycles. The number of thiophene rings is 1. The second kappa shape index (κ2) is 5.00. The fourth-order valence-electron chi connectivity index (χ4n) is 1.57. The topological polar surface area (TPSA) is 52.3 Å². The van der Waals surface area contributed by atoms with Crippen molar-refractivity contribution in [3.63, 3.8) is 0 Å². The third-order valence-corrected chi connectivity index (χ3v) is 4.13. The van der Waals surface area contributed by atoms with E-state index in [4.69, 9.17) is 22.1 Å². The quantitative estimate of drug-likeness (QED) is 0.692. The maximum atomic E-state index is 12.2. The largest absolute Gasteiger partial charge is 0.495 e. The number of nitrogen functional groups attached to an aromatic ring is 1. The van der Waals surface area contributed by atoms with Gasteiger partial charge in [-0.15, -0.1) is 11.3 Å². The SMILES string of the molecule is COc1cc(C(=O)c2cc(C)c(Cl)s2)ccc1N. The molecule has 94 valence electrons. The zero-order chi connectivity index (χ0) is 13.3. The summed E-state index contributed by atoms with van der Waals surface area (Å²) in [6.45, 7) is 1.87. The van der Waals surface area contributed by atoms with Crippen LogP contribution in [0.4, 0.5) is 5.69 Å². The van der Waals surface area contributed by atoms with Crippen molar-refractivity contribution in [1.82, 2.24) is 0 Å². The van der Waals surface area contributed by atoms with Gasteiger partial charge in [0.05, 0.1) is 22.0 Å². The fourth-order valence-corrected chi connectivity index (χ4v) is 2.73. The minimum Gasteiger partial charge on any atom is -0.495 e. The standard InChI is InChI=1S/C13H12ClNO2S/c1-7-5-11(18-13(7)14)12(16)8-3-4-9(15)10(6-8)17-2/h3-6H,15H2,1-2H3. The number of anilines is 1. The van der Waals surface area contributed by atoms with Gasteiger partial charge in [0.25, 0.3) is 0 Å².